The molecule has 0 aliphatic heterocycles. The second-order valence-corrected chi connectivity index (χ2v) is 5.99. The van der Waals surface area contributed by atoms with Crippen LogP contribution in [0.15, 0.2) is 46.0 Å². The Balaban J connectivity index is 0.00000364. The van der Waals surface area contributed by atoms with Crippen LogP contribution >= 0.6 is 24.0 Å². The predicted octanol–water partition coefficient (Wildman–Crippen LogP) is 3.53. The molecule has 0 unspecified atom stereocenters. The topological polar surface area (TPSA) is 68.0 Å². The Morgan fingerprint density at radius 3 is 2.74 bits per heavy atom. The van der Waals surface area contributed by atoms with Crippen molar-refractivity contribution in [1.82, 2.24) is 10.6 Å². The van der Waals surface area contributed by atoms with E-state index in [1.807, 2.05) is 12.1 Å². The van der Waals surface area contributed by atoms with Gasteiger partial charge in [0.25, 0.3) is 0 Å². The predicted molar refractivity (Wildman–Crippen MR) is 119 cm³/mol. The number of halogens is 1. The molecule has 1 aromatic heterocycles. The van der Waals surface area contributed by atoms with Crippen LogP contribution in [0.1, 0.15) is 23.3 Å². The molecule has 2 rings (SSSR count). The summed E-state index contributed by atoms with van der Waals surface area (Å²) >= 11 is 0. The molecule has 0 spiro atoms. The number of methoxy groups -OCH3 is 1. The highest BCUT2D eigenvalue weighted by Gasteiger charge is 2.06. The van der Waals surface area contributed by atoms with Crippen molar-refractivity contribution in [2.75, 3.05) is 33.9 Å². The summed E-state index contributed by atoms with van der Waals surface area (Å²) in [5.41, 5.74) is 2.28. The minimum absolute atomic E-state index is 0. The Kier molecular flexibility index (Phi) is 11.6. The third-order valence-electron chi connectivity index (χ3n) is 3.89. The highest BCUT2D eigenvalue weighted by molar-refractivity contribution is 14.0. The smallest absolute Gasteiger partial charge is 0.191 e. The summed E-state index contributed by atoms with van der Waals surface area (Å²) in [6, 6.07) is 10.1. The third-order valence-corrected chi connectivity index (χ3v) is 3.89. The fourth-order valence-electron chi connectivity index (χ4n) is 2.49. The summed E-state index contributed by atoms with van der Waals surface area (Å²) in [6.45, 7) is 4.79. The molecule has 0 bridgehead atoms. The van der Waals surface area contributed by atoms with Crippen LogP contribution < -0.4 is 15.4 Å². The standard InChI is InChI=1S/C20H29N3O3.HI/c1-16-7-8-17(19(14-16)26-13-5-11-24-3)15-23-20(21-2)22-10-9-18-6-4-12-25-18;/h4,6-8,12,14H,5,9-11,13,15H2,1-3H3,(H2,21,22,23);1H. The molecule has 27 heavy (non-hydrogen) atoms. The number of rotatable bonds is 10. The van der Waals surface area contributed by atoms with E-state index >= 15 is 0 Å². The quantitative estimate of drug-likeness (QED) is 0.232. The van der Waals surface area contributed by atoms with Gasteiger partial charge >= 0.3 is 0 Å². The van der Waals surface area contributed by atoms with E-state index in [9.17, 15) is 0 Å². The van der Waals surface area contributed by atoms with Gasteiger partial charge in [0.05, 0.1) is 12.9 Å². The Labute approximate surface area is 178 Å². The monoisotopic (exact) mass is 487 g/mol. The Hall–Kier alpha value is -1.74. The fraction of sp³-hybridized carbons (Fsp3) is 0.450. The lowest BCUT2D eigenvalue weighted by Crippen LogP contribution is -2.37. The zero-order valence-corrected chi connectivity index (χ0v) is 18.6. The molecule has 0 radical (unpaired) electrons. The molecule has 1 aromatic carbocycles. The van der Waals surface area contributed by atoms with E-state index in [-0.39, 0.29) is 24.0 Å². The molecule has 6 nitrogen and oxygen atoms in total. The SMILES string of the molecule is CN=C(NCCc1ccco1)NCc1ccc(C)cc1OCCCOC.I. The molecular formula is C20H30IN3O3. The van der Waals surface area contributed by atoms with Gasteiger partial charge in [-0.25, -0.2) is 0 Å². The number of hydrogen-bond acceptors (Lipinski definition) is 4. The molecule has 0 fully saturated rings. The lowest BCUT2D eigenvalue weighted by molar-refractivity contribution is 0.172. The molecule has 0 saturated carbocycles. The average molecular weight is 487 g/mol. The molecule has 150 valence electrons. The molecule has 2 aromatic rings. The summed E-state index contributed by atoms with van der Waals surface area (Å²) in [5, 5.41) is 6.62. The van der Waals surface area contributed by atoms with E-state index < -0.39 is 0 Å². The number of ether oxygens (including phenoxy) is 2. The Morgan fingerprint density at radius 2 is 2.04 bits per heavy atom. The number of aryl methyl sites for hydroxylation is 1. The first-order valence-electron chi connectivity index (χ1n) is 8.91. The second-order valence-electron chi connectivity index (χ2n) is 5.99. The zero-order valence-electron chi connectivity index (χ0n) is 16.3. The van der Waals surface area contributed by atoms with E-state index in [2.05, 4.69) is 40.7 Å². The van der Waals surface area contributed by atoms with Gasteiger partial charge in [-0.05, 0) is 30.7 Å². The van der Waals surface area contributed by atoms with Crippen LogP contribution in [0.5, 0.6) is 5.75 Å². The van der Waals surface area contributed by atoms with Crippen LogP contribution in [-0.4, -0.2) is 39.9 Å². The maximum atomic E-state index is 5.92. The van der Waals surface area contributed by atoms with Gasteiger partial charge in [0.1, 0.15) is 11.5 Å². The first-order valence-corrected chi connectivity index (χ1v) is 8.91. The molecule has 2 N–H and O–H groups in total. The molecule has 1 heterocycles. The highest BCUT2D eigenvalue weighted by Crippen LogP contribution is 2.20. The van der Waals surface area contributed by atoms with Crippen LogP contribution in [0.2, 0.25) is 0 Å². The minimum Gasteiger partial charge on any atom is -0.493 e. The maximum Gasteiger partial charge on any atom is 0.191 e. The zero-order chi connectivity index (χ0) is 18.6. The number of nitrogens with zero attached hydrogens (tertiary/aromatic N) is 1. The summed E-state index contributed by atoms with van der Waals surface area (Å²) < 4.78 is 16.3. The van der Waals surface area contributed by atoms with Crippen molar-refractivity contribution in [3.05, 3.63) is 53.5 Å². The van der Waals surface area contributed by atoms with Crippen LogP contribution in [0.4, 0.5) is 0 Å². The van der Waals surface area contributed by atoms with Crippen molar-refractivity contribution in [1.29, 1.82) is 0 Å². The molecule has 0 amide bonds. The van der Waals surface area contributed by atoms with E-state index in [1.54, 1.807) is 20.4 Å². The van der Waals surface area contributed by atoms with Gasteiger partial charge in [-0.2, -0.15) is 0 Å². The summed E-state index contributed by atoms with van der Waals surface area (Å²) in [5.74, 6) is 2.61. The van der Waals surface area contributed by atoms with Gasteiger partial charge in [0, 0.05) is 52.3 Å². The summed E-state index contributed by atoms with van der Waals surface area (Å²) in [4.78, 5) is 4.26. The number of aliphatic imine (C=N–C) groups is 1. The third kappa shape index (κ3) is 8.66. The van der Waals surface area contributed by atoms with E-state index in [0.29, 0.717) is 19.8 Å². The number of nitrogens with one attached hydrogen (secondary N) is 2. The van der Waals surface area contributed by atoms with Gasteiger partial charge in [-0.1, -0.05) is 12.1 Å². The number of hydrogen-bond donors (Lipinski definition) is 2. The van der Waals surface area contributed by atoms with E-state index in [0.717, 1.165) is 42.4 Å². The van der Waals surface area contributed by atoms with Gasteiger partial charge in [0.15, 0.2) is 5.96 Å². The molecular weight excluding hydrogens is 457 g/mol. The second kappa shape index (κ2) is 13.4. The Morgan fingerprint density at radius 1 is 1.19 bits per heavy atom. The van der Waals surface area contributed by atoms with Crippen LogP contribution in [0, 0.1) is 6.92 Å². The van der Waals surface area contributed by atoms with Crippen molar-refractivity contribution in [3.8, 4) is 5.75 Å². The molecule has 7 heteroatoms. The number of guanidine groups is 1. The lowest BCUT2D eigenvalue weighted by Gasteiger charge is -2.15. The van der Waals surface area contributed by atoms with Gasteiger partial charge in [-0.3, -0.25) is 4.99 Å². The summed E-state index contributed by atoms with van der Waals surface area (Å²) in [6.07, 6.45) is 3.37. The van der Waals surface area contributed by atoms with E-state index in [1.165, 1.54) is 5.56 Å². The van der Waals surface area contributed by atoms with Gasteiger partial charge < -0.3 is 24.5 Å². The lowest BCUT2D eigenvalue weighted by atomic mass is 10.1. The summed E-state index contributed by atoms with van der Waals surface area (Å²) in [7, 11) is 3.46. The Bertz CT molecular complexity index is 675. The molecule has 0 aliphatic carbocycles. The fourth-order valence-corrected chi connectivity index (χ4v) is 2.49. The van der Waals surface area contributed by atoms with Gasteiger partial charge in [0.2, 0.25) is 0 Å². The highest BCUT2D eigenvalue weighted by atomic mass is 127. The van der Waals surface area contributed by atoms with Gasteiger partial charge in [-0.15, -0.1) is 24.0 Å². The van der Waals surface area contributed by atoms with Crippen LogP contribution in [0.3, 0.4) is 0 Å². The first kappa shape index (κ1) is 23.3. The average Bonchev–Trinajstić information content (AvgIpc) is 3.16. The molecule has 0 atom stereocenters. The minimum atomic E-state index is 0. The van der Waals surface area contributed by atoms with Crippen LogP contribution in [-0.2, 0) is 17.7 Å². The molecule has 0 saturated heterocycles. The van der Waals surface area contributed by atoms with Crippen molar-refractivity contribution >= 4 is 29.9 Å². The number of benzene rings is 1. The number of furan rings is 1. The van der Waals surface area contributed by atoms with Crippen LogP contribution in [0.25, 0.3) is 0 Å². The largest absolute Gasteiger partial charge is 0.493 e. The molecule has 0 aliphatic rings. The van der Waals surface area contributed by atoms with Crippen molar-refractivity contribution < 1.29 is 13.9 Å². The normalized spacial score (nSPS) is 11.0. The first-order chi connectivity index (χ1) is 12.7. The van der Waals surface area contributed by atoms with Crippen molar-refractivity contribution in [2.45, 2.75) is 26.3 Å². The van der Waals surface area contributed by atoms with Crippen molar-refractivity contribution in [3.63, 3.8) is 0 Å². The van der Waals surface area contributed by atoms with E-state index in [4.69, 9.17) is 13.9 Å². The maximum absolute atomic E-state index is 5.92. The van der Waals surface area contributed by atoms with Crippen molar-refractivity contribution in [2.24, 2.45) is 4.99 Å².